The molecule has 106 valence electrons. The second-order valence-electron chi connectivity index (χ2n) is 5.90. The summed E-state index contributed by atoms with van der Waals surface area (Å²) >= 11 is 0. The molecule has 2 nitrogen and oxygen atoms in total. The molecule has 1 aromatic rings. The summed E-state index contributed by atoms with van der Waals surface area (Å²) in [4.78, 5) is 2.46. The monoisotopic (exact) mass is 261 g/mol. The highest BCUT2D eigenvalue weighted by Crippen LogP contribution is 2.26. The van der Waals surface area contributed by atoms with Crippen molar-refractivity contribution in [1.82, 2.24) is 4.90 Å². The first-order valence-corrected chi connectivity index (χ1v) is 7.61. The quantitative estimate of drug-likeness (QED) is 0.875. The summed E-state index contributed by atoms with van der Waals surface area (Å²) in [5.74, 6) is 0. The van der Waals surface area contributed by atoms with E-state index in [0.717, 1.165) is 18.7 Å². The summed E-state index contributed by atoms with van der Waals surface area (Å²) in [5.41, 5.74) is 3.55. The van der Waals surface area contributed by atoms with Gasteiger partial charge in [-0.1, -0.05) is 43.5 Å². The lowest BCUT2D eigenvalue weighted by Gasteiger charge is -2.30. The molecule has 1 saturated carbocycles. The standard InChI is InChI=1S/C17H27NO/c1-4-18(15-7-5-6-8-15)12-17(19)16-10-9-13(2)11-14(16)3/h9-11,15,17,19H,4-8,12H2,1-3H3. The number of aryl methyl sites for hydroxylation is 2. The van der Waals surface area contributed by atoms with Crippen LogP contribution in [0.15, 0.2) is 18.2 Å². The summed E-state index contributed by atoms with van der Waals surface area (Å²) in [7, 11) is 0. The topological polar surface area (TPSA) is 23.5 Å². The van der Waals surface area contributed by atoms with Crippen molar-refractivity contribution in [2.75, 3.05) is 13.1 Å². The number of hydrogen-bond donors (Lipinski definition) is 1. The molecule has 1 fully saturated rings. The molecule has 0 aliphatic heterocycles. The number of hydrogen-bond acceptors (Lipinski definition) is 2. The van der Waals surface area contributed by atoms with Crippen LogP contribution in [0.5, 0.6) is 0 Å². The number of nitrogens with zero attached hydrogens (tertiary/aromatic N) is 1. The Morgan fingerprint density at radius 2 is 1.95 bits per heavy atom. The van der Waals surface area contributed by atoms with E-state index in [1.807, 2.05) is 0 Å². The fourth-order valence-corrected chi connectivity index (χ4v) is 3.33. The second kappa shape index (κ2) is 6.53. The molecular weight excluding hydrogens is 234 g/mol. The van der Waals surface area contributed by atoms with Gasteiger partial charge in [0.1, 0.15) is 0 Å². The molecule has 2 rings (SSSR count). The number of benzene rings is 1. The zero-order valence-corrected chi connectivity index (χ0v) is 12.5. The summed E-state index contributed by atoms with van der Waals surface area (Å²) in [5, 5.41) is 10.5. The van der Waals surface area contributed by atoms with E-state index in [0.29, 0.717) is 6.04 Å². The van der Waals surface area contributed by atoms with Crippen molar-refractivity contribution in [1.29, 1.82) is 0 Å². The second-order valence-corrected chi connectivity index (χ2v) is 5.90. The molecular formula is C17H27NO. The molecule has 0 amide bonds. The van der Waals surface area contributed by atoms with Crippen LogP contribution in [0, 0.1) is 13.8 Å². The van der Waals surface area contributed by atoms with Gasteiger partial charge in [0, 0.05) is 12.6 Å². The molecule has 1 unspecified atom stereocenters. The van der Waals surface area contributed by atoms with E-state index >= 15 is 0 Å². The first kappa shape index (κ1) is 14.5. The van der Waals surface area contributed by atoms with E-state index in [2.05, 4.69) is 43.9 Å². The summed E-state index contributed by atoms with van der Waals surface area (Å²) in [6, 6.07) is 7.02. The van der Waals surface area contributed by atoms with Crippen LogP contribution in [-0.4, -0.2) is 29.1 Å². The molecule has 0 aromatic heterocycles. The van der Waals surface area contributed by atoms with Gasteiger partial charge in [-0.3, -0.25) is 4.90 Å². The van der Waals surface area contributed by atoms with Gasteiger partial charge < -0.3 is 5.11 Å². The van der Waals surface area contributed by atoms with Crippen LogP contribution in [0.1, 0.15) is 55.4 Å². The van der Waals surface area contributed by atoms with Crippen LogP contribution in [-0.2, 0) is 0 Å². The van der Waals surface area contributed by atoms with Gasteiger partial charge in [0.2, 0.25) is 0 Å². The predicted molar refractivity (Wildman–Crippen MR) is 80.4 cm³/mol. The molecule has 1 aromatic carbocycles. The van der Waals surface area contributed by atoms with Crippen molar-refractivity contribution in [3.8, 4) is 0 Å². The fraction of sp³-hybridized carbons (Fsp3) is 0.647. The van der Waals surface area contributed by atoms with Gasteiger partial charge in [0.25, 0.3) is 0 Å². The number of aliphatic hydroxyl groups excluding tert-OH is 1. The average molecular weight is 261 g/mol. The van der Waals surface area contributed by atoms with Gasteiger partial charge in [0.15, 0.2) is 0 Å². The third kappa shape index (κ3) is 3.58. The molecule has 0 radical (unpaired) electrons. The SMILES string of the molecule is CCN(CC(O)c1ccc(C)cc1C)C1CCCC1. The molecule has 2 heteroatoms. The summed E-state index contributed by atoms with van der Waals surface area (Å²) in [6.07, 6.45) is 4.93. The van der Waals surface area contributed by atoms with E-state index in [9.17, 15) is 5.11 Å². The van der Waals surface area contributed by atoms with Crippen LogP contribution in [0.4, 0.5) is 0 Å². The van der Waals surface area contributed by atoms with E-state index in [4.69, 9.17) is 0 Å². The molecule has 1 aliphatic carbocycles. The normalized spacial score (nSPS) is 18.2. The molecule has 1 atom stereocenters. The van der Waals surface area contributed by atoms with Crippen LogP contribution in [0.2, 0.25) is 0 Å². The molecule has 19 heavy (non-hydrogen) atoms. The van der Waals surface area contributed by atoms with Gasteiger partial charge in [-0.25, -0.2) is 0 Å². The highest BCUT2D eigenvalue weighted by Gasteiger charge is 2.24. The Morgan fingerprint density at radius 3 is 2.53 bits per heavy atom. The Kier molecular flexibility index (Phi) is 5.00. The van der Waals surface area contributed by atoms with E-state index in [1.165, 1.54) is 36.8 Å². The lowest BCUT2D eigenvalue weighted by atomic mass is 10.00. The lowest BCUT2D eigenvalue weighted by Crippen LogP contribution is -2.36. The van der Waals surface area contributed by atoms with E-state index in [1.54, 1.807) is 0 Å². The number of likely N-dealkylation sites (N-methyl/N-ethyl adjacent to an activating group) is 1. The lowest BCUT2D eigenvalue weighted by molar-refractivity contribution is 0.0910. The minimum Gasteiger partial charge on any atom is -0.387 e. The van der Waals surface area contributed by atoms with Gasteiger partial charge in [-0.2, -0.15) is 0 Å². The smallest absolute Gasteiger partial charge is 0.0919 e. The summed E-state index contributed by atoms with van der Waals surface area (Å²) in [6.45, 7) is 8.20. The zero-order chi connectivity index (χ0) is 13.8. The van der Waals surface area contributed by atoms with E-state index in [-0.39, 0.29) is 6.10 Å². The Bertz CT molecular complexity index is 410. The Morgan fingerprint density at radius 1 is 1.26 bits per heavy atom. The Balaban J connectivity index is 2.04. The van der Waals surface area contributed by atoms with Crippen molar-refractivity contribution in [2.45, 2.75) is 58.6 Å². The first-order valence-electron chi connectivity index (χ1n) is 7.61. The zero-order valence-electron chi connectivity index (χ0n) is 12.5. The van der Waals surface area contributed by atoms with Gasteiger partial charge >= 0.3 is 0 Å². The molecule has 0 bridgehead atoms. The molecule has 1 N–H and O–H groups in total. The highest BCUT2D eigenvalue weighted by atomic mass is 16.3. The largest absolute Gasteiger partial charge is 0.387 e. The van der Waals surface area contributed by atoms with Gasteiger partial charge in [0.05, 0.1) is 6.10 Å². The fourth-order valence-electron chi connectivity index (χ4n) is 3.33. The highest BCUT2D eigenvalue weighted by molar-refractivity contribution is 5.32. The van der Waals surface area contributed by atoms with Gasteiger partial charge in [-0.15, -0.1) is 0 Å². The van der Waals surface area contributed by atoms with Crippen molar-refractivity contribution in [2.24, 2.45) is 0 Å². The molecule has 1 aliphatic rings. The van der Waals surface area contributed by atoms with Crippen molar-refractivity contribution >= 4 is 0 Å². The number of rotatable bonds is 5. The maximum absolute atomic E-state index is 10.5. The minimum absolute atomic E-state index is 0.360. The summed E-state index contributed by atoms with van der Waals surface area (Å²) < 4.78 is 0. The Labute approximate surface area is 117 Å². The number of aliphatic hydroxyl groups is 1. The van der Waals surface area contributed by atoms with Crippen LogP contribution in [0.3, 0.4) is 0 Å². The molecule has 0 heterocycles. The third-order valence-electron chi connectivity index (χ3n) is 4.44. The van der Waals surface area contributed by atoms with E-state index < -0.39 is 0 Å². The third-order valence-corrected chi connectivity index (χ3v) is 4.44. The van der Waals surface area contributed by atoms with Gasteiger partial charge in [-0.05, 0) is 44.4 Å². The first-order chi connectivity index (χ1) is 9.11. The van der Waals surface area contributed by atoms with Crippen molar-refractivity contribution in [3.05, 3.63) is 34.9 Å². The Hall–Kier alpha value is -0.860. The molecule has 0 spiro atoms. The maximum atomic E-state index is 10.5. The van der Waals surface area contributed by atoms with Crippen LogP contribution in [0.25, 0.3) is 0 Å². The predicted octanol–water partition coefficient (Wildman–Crippen LogP) is 3.60. The molecule has 0 saturated heterocycles. The maximum Gasteiger partial charge on any atom is 0.0919 e. The minimum atomic E-state index is -0.360. The van der Waals surface area contributed by atoms with Crippen molar-refractivity contribution in [3.63, 3.8) is 0 Å². The van der Waals surface area contributed by atoms with Crippen LogP contribution >= 0.6 is 0 Å². The van der Waals surface area contributed by atoms with Crippen LogP contribution < -0.4 is 0 Å². The average Bonchev–Trinajstić information content (AvgIpc) is 2.89. The van der Waals surface area contributed by atoms with Crippen molar-refractivity contribution < 1.29 is 5.11 Å².